The molecule has 0 aliphatic carbocycles. The molecular formula is C23H32N2O5S. The zero-order chi connectivity index (χ0) is 23.2. The summed E-state index contributed by atoms with van der Waals surface area (Å²) in [6.07, 6.45) is 0.0773. The van der Waals surface area contributed by atoms with E-state index in [0.29, 0.717) is 5.75 Å². The van der Waals surface area contributed by atoms with Crippen molar-refractivity contribution < 1.29 is 22.7 Å². The molecule has 2 atom stereocenters. The summed E-state index contributed by atoms with van der Waals surface area (Å²) in [6.45, 7) is 9.35. The molecule has 0 aromatic heterocycles. The van der Waals surface area contributed by atoms with Gasteiger partial charge in [-0.15, -0.1) is 0 Å². The van der Waals surface area contributed by atoms with Gasteiger partial charge in [0.05, 0.1) is 24.2 Å². The summed E-state index contributed by atoms with van der Waals surface area (Å²) in [5.74, 6) is 0.671. The third kappa shape index (κ3) is 6.97. The van der Waals surface area contributed by atoms with Crippen molar-refractivity contribution in [2.45, 2.75) is 57.7 Å². The molecule has 2 N–H and O–H groups in total. The highest BCUT2D eigenvalue weighted by Gasteiger charge is 2.29. The van der Waals surface area contributed by atoms with Crippen LogP contribution in [0.2, 0.25) is 0 Å². The van der Waals surface area contributed by atoms with Gasteiger partial charge in [-0.3, -0.25) is 4.79 Å². The highest BCUT2D eigenvalue weighted by atomic mass is 32.2. The van der Waals surface area contributed by atoms with Crippen LogP contribution in [0.25, 0.3) is 0 Å². The Bertz CT molecular complexity index is 954. The van der Waals surface area contributed by atoms with Crippen LogP contribution in [0.3, 0.4) is 0 Å². The molecule has 2 aromatic carbocycles. The number of benzene rings is 2. The fourth-order valence-electron chi connectivity index (χ4n) is 2.98. The quantitative estimate of drug-likeness (QED) is 0.579. The van der Waals surface area contributed by atoms with E-state index in [4.69, 9.17) is 9.47 Å². The number of ether oxygens (including phenoxy) is 2. The van der Waals surface area contributed by atoms with Gasteiger partial charge in [-0.1, -0.05) is 26.0 Å². The van der Waals surface area contributed by atoms with E-state index in [1.807, 2.05) is 45.0 Å². The van der Waals surface area contributed by atoms with Gasteiger partial charge in [-0.05, 0) is 68.7 Å². The molecule has 0 spiro atoms. The Morgan fingerprint density at radius 3 is 1.90 bits per heavy atom. The second kappa shape index (κ2) is 10.6. The molecule has 1 unspecified atom stereocenters. The third-order valence-electron chi connectivity index (χ3n) is 4.71. The first-order valence-corrected chi connectivity index (χ1v) is 11.7. The molecule has 0 saturated carbocycles. The normalized spacial score (nSPS) is 13.7. The molecule has 8 heteroatoms. The van der Waals surface area contributed by atoms with Crippen molar-refractivity contribution in [2.75, 3.05) is 7.11 Å². The Hall–Kier alpha value is -2.58. The lowest BCUT2D eigenvalue weighted by Gasteiger charge is -2.24. The number of carbonyl (C=O) groups is 1. The Balaban J connectivity index is 2.10. The van der Waals surface area contributed by atoms with E-state index in [0.717, 1.165) is 11.3 Å². The molecule has 7 nitrogen and oxygen atoms in total. The molecular weight excluding hydrogens is 416 g/mol. The van der Waals surface area contributed by atoms with E-state index >= 15 is 0 Å². The lowest BCUT2D eigenvalue weighted by molar-refractivity contribution is -0.124. The average molecular weight is 449 g/mol. The molecule has 31 heavy (non-hydrogen) atoms. The van der Waals surface area contributed by atoms with Gasteiger partial charge in [0, 0.05) is 0 Å². The van der Waals surface area contributed by atoms with Crippen molar-refractivity contribution in [3.63, 3.8) is 0 Å². The number of methoxy groups -OCH3 is 1. The minimum absolute atomic E-state index is 0.0699. The maximum Gasteiger partial charge on any atom is 0.241 e. The van der Waals surface area contributed by atoms with Crippen LogP contribution in [0.4, 0.5) is 0 Å². The highest BCUT2D eigenvalue weighted by Crippen LogP contribution is 2.20. The molecule has 0 saturated heterocycles. The molecule has 170 valence electrons. The molecule has 0 bridgehead atoms. The molecule has 1 amide bonds. The number of hydrogen-bond donors (Lipinski definition) is 2. The predicted molar refractivity (Wildman–Crippen MR) is 121 cm³/mol. The summed E-state index contributed by atoms with van der Waals surface area (Å²) in [6, 6.07) is 12.3. The van der Waals surface area contributed by atoms with Crippen molar-refractivity contribution in [3.8, 4) is 11.5 Å². The lowest BCUT2D eigenvalue weighted by atomic mass is 10.0. The smallest absolute Gasteiger partial charge is 0.241 e. The van der Waals surface area contributed by atoms with Gasteiger partial charge >= 0.3 is 0 Å². The minimum atomic E-state index is -3.88. The third-order valence-corrected chi connectivity index (χ3v) is 6.17. The monoisotopic (exact) mass is 448 g/mol. The number of hydrogen-bond acceptors (Lipinski definition) is 5. The van der Waals surface area contributed by atoms with Crippen LogP contribution in [-0.4, -0.2) is 33.6 Å². The SMILES string of the molecule is COc1ccc(S(=O)(=O)N[C@H](C(=O)NC(C)c2ccc(OC(C)C)cc2)C(C)C)cc1. The fraction of sp³-hybridized carbons (Fsp3) is 0.435. The van der Waals surface area contributed by atoms with Crippen LogP contribution in [0, 0.1) is 5.92 Å². The maximum atomic E-state index is 12.9. The zero-order valence-corrected chi connectivity index (χ0v) is 19.7. The van der Waals surface area contributed by atoms with Crippen molar-refractivity contribution in [1.29, 1.82) is 0 Å². The molecule has 0 radical (unpaired) electrons. The molecule has 0 aliphatic rings. The van der Waals surface area contributed by atoms with Gasteiger partial charge in [0.25, 0.3) is 0 Å². The second-order valence-corrected chi connectivity index (χ2v) is 9.70. The van der Waals surface area contributed by atoms with Crippen LogP contribution >= 0.6 is 0 Å². The minimum Gasteiger partial charge on any atom is -0.497 e. The number of carbonyl (C=O) groups excluding carboxylic acids is 1. The van der Waals surface area contributed by atoms with Crippen LogP contribution in [0.1, 0.15) is 46.2 Å². The van der Waals surface area contributed by atoms with Gasteiger partial charge in [0.1, 0.15) is 17.5 Å². The Kier molecular flexibility index (Phi) is 8.47. The van der Waals surface area contributed by atoms with E-state index < -0.39 is 16.1 Å². The van der Waals surface area contributed by atoms with E-state index in [-0.39, 0.29) is 28.9 Å². The number of nitrogens with one attached hydrogen (secondary N) is 2. The lowest BCUT2D eigenvalue weighted by Crippen LogP contribution is -2.50. The van der Waals surface area contributed by atoms with Crippen LogP contribution < -0.4 is 19.5 Å². The second-order valence-electron chi connectivity index (χ2n) is 7.98. The van der Waals surface area contributed by atoms with Gasteiger partial charge < -0.3 is 14.8 Å². The molecule has 2 aromatic rings. The summed E-state index contributed by atoms with van der Waals surface area (Å²) < 4.78 is 38.8. The summed E-state index contributed by atoms with van der Waals surface area (Å²) in [5, 5.41) is 2.90. The fourth-order valence-corrected chi connectivity index (χ4v) is 4.32. The predicted octanol–water partition coefficient (Wildman–Crippen LogP) is 3.66. The van der Waals surface area contributed by atoms with E-state index in [9.17, 15) is 13.2 Å². The van der Waals surface area contributed by atoms with E-state index in [1.54, 1.807) is 26.0 Å². The van der Waals surface area contributed by atoms with Crippen LogP contribution in [-0.2, 0) is 14.8 Å². The van der Waals surface area contributed by atoms with Crippen molar-refractivity contribution in [3.05, 3.63) is 54.1 Å². The molecule has 0 heterocycles. The van der Waals surface area contributed by atoms with Crippen molar-refractivity contribution >= 4 is 15.9 Å². The first-order chi connectivity index (χ1) is 14.5. The maximum absolute atomic E-state index is 12.9. The number of sulfonamides is 1. The van der Waals surface area contributed by atoms with Gasteiger partial charge in [-0.2, -0.15) is 4.72 Å². The first kappa shape index (κ1) is 24.7. The van der Waals surface area contributed by atoms with E-state index in [1.165, 1.54) is 19.2 Å². The Morgan fingerprint density at radius 1 is 0.871 bits per heavy atom. The Morgan fingerprint density at radius 2 is 1.42 bits per heavy atom. The van der Waals surface area contributed by atoms with Crippen LogP contribution in [0.15, 0.2) is 53.4 Å². The topological polar surface area (TPSA) is 93.7 Å². The number of amides is 1. The highest BCUT2D eigenvalue weighted by molar-refractivity contribution is 7.89. The van der Waals surface area contributed by atoms with E-state index in [2.05, 4.69) is 10.0 Å². The molecule has 0 fully saturated rings. The average Bonchev–Trinajstić information content (AvgIpc) is 2.71. The standard InChI is InChI=1S/C23H32N2O5S/c1-15(2)22(25-31(27,28)21-13-11-19(29-6)12-14-21)23(26)24-17(5)18-7-9-20(10-8-18)30-16(3)4/h7-17,22,25H,1-6H3,(H,24,26)/t17?,22-/m0/s1. The first-order valence-electron chi connectivity index (χ1n) is 10.3. The Labute approximate surface area is 185 Å². The van der Waals surface area contributed by atoms with Crippen LogP contribution in [0.5, 0.6) is 11.5 Å². The molecule has 0 aliphatic heterocycles. The molecule has 2 rings (SSSR count). The largest absolute Gasteiger partial charge is 0.497 e. The zero-order valence-electron chi connectivity index (χ0n) is 18.9. The summed E-state index contributed by atoms with van der Waals surface area (Å²) in [4.78, 5) is 13.0. The van der Waals surface area contributed by atoms with Crippen molar-refractivity contribution in [2.24, 2.45) is 5.92 Å². The van der Waals surface area contributed by atoms with Crippen molar-refractivity contribution in [1.82, 2.24) is 10.0 Å². The number of rotatable bonds is 10. The summed E-state index contributed by atoms with van der Waals surface area (Å²) in [7, 11) is -2.37. The van der Waals surface area contributed by atoms with Gasteiger partial charge in [0.15, 0.2) is 0 Å². The van der Waals surface area contributed by atoms with Gasteiger partial charge in [-0.25, -0.2) is 8.42 Å². The van der Waals surface area contributed by atoms with Gasteiger partial charge in [0.2, 0.25) is 15.9 Å². The summed E-state index contributed by atoms with van der Waals surface area (Å²) in [5.41, 5.74) is 0.893. The summed E-state index contributed by atoms with van der Waals surface area (Å²) >= 11 is 0.